The van der Waals surface area contributed by atoms with E-state index in [2.05, 4.69) is 36.9 Å². The first-order valence-corrected chi connectivity index (χ1v) is 9.01. The monoisotopic (exact) mass is 350 g/mol. The van der Waals surface area contributed by atoms with Crippen molar-refractivity contribution in [1.29, 1.82) is 0 Å². The Hall–Kier alpha value is -2.82. The molecule has 1 unspecified atom stereocenters. The van der Waals surface area contributed by atoms with Gasteiger partial charge in [0.05, 0.1) is 6.20 Å². The third-order valence-corrected chi connectivity index (χ3v) is 4.45. The molecule has 3 aromatic rings. The third kappa shape index (κ3) is 4.04. The first kappa shape index (κ1) is 18.0. The van der Waals surface area contributed by atoms with Crippen LogP contribution in [0.2, 0.25) is 0 Å². The van der Waals surface area contributed by atoms with E-state index in [4.69, 9.17) is 0 Å². The third-order valence-electron chi connectivity index (χ3n) is 4.45. The van der Waals surface area contributed by atoms with Crippen molar-refractivity contribution in [2.24, 2.45) is 13.0 Å². The molecule has 26 heavy (non-hydrogen) atoms. The van der Waals surface area contributed by atoms with Gasteiger partial charge in [-0.1, -0.05) is 13.8 Å². The highest BCUT2D eigenvalue weighted by Crippen LogP contribution is 2.25. The average molecular weight is 350 g/mol. The fourth-order valence-electron chi connectivity index (χ4n) is 3.35. The van der Waals surface area contributed by atoms with Crippen molar-refractivity contribution in [1.82, 2.24) is 14.8 Å². The fraction of sp³-hybridized carbons (Fsp3) is 0.333. The van der Waals surface area contributed by atoms with E-state index in [0.717, 1.165) is 28.6 Å². The number of fused-ring (bicyclic) bond motifs is 1. The van der Waals surface area contributed by atoms with Crippen molar-refractivity contribution in [3.05, 3.63) is 54.5 Å². The van der Waals surface area contributed by atoms with E-state index in [1.54, 1.807) is 17.0 Å². The van der Waals surface area contributed by atoms with Crippen LogP contribution in [0.1, 0.15) is 32.8 Å². The number of rotatable bonds is 6. The molecule has 0 saturated heterocycles. The summed E-state index contributed by atoms with van der Waals surface area (Å²) >= 11 is 0. The first-order valence-electron chi connectivity index (χ1n) is 9.01. The second-order valence-electron chi connectivity index (χ2n) is 7.22. The molecule has 3 rings (SSSR count). The van der Waals surface area contributed by atoms with Crippen LogP contribution in [-0.4, -0.2) is 26.7 Å². The van der Waals surface area contributed by atoms with Crippen LogP contribution in [0.3, 0.4) is 0 Å². The minimum absolute atomic E-state index is 0.0168. The molecular weight excluding hydrogens is 324 g/mol. The van der Waals surface area contributed by atoms with Crippen LogP contribution in [0.15, 0.2) is 48.9 Å². The van der Waals surface area contributed by atoms with Crippen LogP contribution in [-0.2, 0) is 11.8 Å². The summed E-state index contributed by atoms with van der Waals surface area (Å²) in [4.78, 5) is 18.1. The van der Waals surface area contributed by atoms with E-state index < -0.39 is 0 Å². The predicted octanol–water partition coefficient (Wildman–Crippen LogP) is 4.38. The van der Waals surface area contributed by atoms with Gasteiger partial charge in [0, 0.05) is 53.7 Å². The number of hydrogen-bond acceptors (Lipinski definition) is 2. The van der Waals surface area contributed by atoms with Crippen LogP contribution in [0.5, 0.6) is 0 Å². The molecule has 0 spiro atoms. The zero-order chi connectivity index (χ0) is 18.7. The van der Waals surface area contributed by atoms with Gasteiger partial charge in [0.25, 0.3) is 5.91 Å². The van der Waals surface area contributed by atoms with E-state index in [9.17, 15) is 4.79 Å². The van der Waals surface area contributed by atoms with Crippen LogP contribution in [0, 0.1) is 5.92 Å². The number of carbonyl (C=O) groups excluding carboxylic acids is 1. The molecule has 0 bridgehead atoms. The van der Waals surface area contributed by atoms with Gasteiger partial charge in [-0.25, -0.2) is 0 Å². The molecule has 1 N–H and O–H groups in total. The van der Waals surface area contributed by atoms with Crippen LogP contribution in [0.4, 0.5) is 5.69 Å². The Bertz CT molecular complexity index is 919. The van der Waals surface area contributed by atoms with Gasteiger partial charge in [-0.2, -0.15) is 5.10 Å². The van der Waals surface area contributed by atoms with Gasteiger partial charge in [-0.05, 0) is 49.6 Å². The predicted molar refractivity (Wildman–Crippen MR) is 107 cm³/mol. The number of nitrogens with zero attached hydrogens (tertiary/aromatic N) is 3. The summed E-state index contributed by atoms with van der Waals surface area (Å²) in [6.45, 7) is 6.47. The van der Waals surface area contributed by atoms with Gasteiger partial charge in [-0.15, -0.1) is 0 Å². The molecule has 5 heteroatoms. The Morgan fingerprint density at radius 3 is 2.81 bits per heavy atom. The number of nitrogens with one attached hydrogen (secondary N) is 1. The van der Waals surface area contributed by atoms with Crippen LogP contribution >= 0.6 is 0 Å². The molecule has 1 amide bonds. The number of anilines is 1. The minimum atomic E-state index is -0.0168. The molecule has 2 heterocycles. The standard InChI is InChI=1S/C21H26N4O/c1-15(2)11-16(3)25(19-6-7-20-18(12-19)9-10-22-20)21(26)8-5-17-13-23-24(4)14-17/h5-10,12-16,22H,11H2,1-4H3/b8-5+. The molecular formula is C21H26N4O. The van der Waals surface area contributed by atoms with Gasteiger partial charge < -0.3 is 9.88 Å². The van der Waals surface area contributed by atoms with Crippen molar-refractivity contribution in [3.8, 4) is 0 Å². The molecule has 2 aromatic heterocycles. The summed E-state index contributed by atoms with van der Waals surface area (Å²) in [6, 6.07) is 8.24. The summed E-state index contributed by atoms with van der Waals surface area (Å²) < 4.78 is 1.73. The summed E-state index contributed by atoms with van der Waals surface area (Å²) in [5.41, 5.74) is 2.91. The van der Waals surface area contributed by atoms with Gasteiger partial charge in [0.15, 0.2) is 0 Å². The van der Waals surface area contributed by atoms with Crippen molar-refractivity contribution in [2.75, 3.05) is 4.90 Å². The van der Waals surface area contributed by atoms with E-state index in [-0.39, 0.29) is 11.9 Å². The molecule has 0 radical (unpaired) electrons. The van der Waals surface area contributed by atoms with E-state index in [0.29, 0.717) is 5.92 Å². The molecule has 0 aliphatic heterocycles. The number of aromatic nitrogens is 3. The number of amides is 1. The molecule has 1 atom stereocenters. The second kappa shape index (κ2) is 7.60. The maximum Gasteiger partial charge on any atom is 0.251 e. The lowest BCUT2D eigenvalue weighted by molar-refractivity contribution is -0.114. The lowest BCUT2D eigenvalue weighted by Gasteiger charge is -2.30. The maximum atomic E-state index is 13.0. The van der Waals surface area contributed by atoms with E-state index in [1.165, 1.54) is 0 Å². The van der Waals surface area contributed by atoms with Crippen LogP contribution < -0.4 is 4.90 Å². The Morgan fingerprint density at radius 2 is 2.12 bits per heavy atom. The number of aryl methyl sites for hydroxylation is 1. The number of aromatic amines is 1. The summed E-state index contributed by atoms with van der Waals surface area (Å²) in [5.74, 6) is 0.496. The maximum absolute atomic E-state index is 13.0. The average Bonchev–Trinajstić information content (AvgIpc) is 3.20. The molecule has 5 nitrogen and oxygen atoms in total. The number of carbonyl (C=O) groups is 1. The fourth-order valence-corrected chi connectivity index (χ4v) is 3.35. The van der Waals surface area contributed by atoms with Crippen molar-refractivity contribution in [3.63, 3.8) is 0 Å². The Kier molecular flexibility index (Phi) is 5.26. The highest BCUT2D eigenvalue weighted by Gasteiger charge is 2.21. The molecule has 136 valence electrons. The van der Waals surface area contributed by atoms with E-state index >= 15 is 0 Å². The lowest BCUT2D eigenvalue weighted by atomic mass is 10.0. The molecule has 0 aliphatic rings. The second-order valence-corrected chi connectivity index (χ2v) is 7.22. The number of benzene rings is 1. The summed E-state index contributed by atoms with van der Waals surface area (Å²) in [6.07, 6.45) is 9.95. The smallest absolute Gasteiger partial charge is 0.251 e. The highest BCUT2D eigenvalue weighted by atomic mass is 16.2. The normalized spacial score (nSPS) is 13.0. The largest absolute Gasteiger partial charge is 0.361 e. The number of H-pyrrole nitrogens is 1. The highest BCUT2D eigenvalue weighted by molar-refractivity contribution is 6.05. The van der Waals surface area contributed by atoms with Crippen molar-refractivity contribution < 1.29 is 4.79 Å². The van der Waals surface area contributed by atoms with Gasteiger partial charge in [0.2, 0.25) is 0 Å². The molecule has 1 aromatic carbocycles. The van der Waals surface area contributed by atoms with Crippen LogP contribution in [0.25, 0.3) is 17.0 Å². The SMILES string of the molecule is CC(C)CC(C)N(C(=O)/C=C/c1cnn(C)c1)c1ccc2[nH]ccc2c1. The zero-order valence-electron chi connectivity index (χ0n) is 15.8. The lowest BCUT2D eigenvalue weighted by Crippen LogP contribution is -2.38. The first-order chi connectivity index (χ1) is 12.4. The molecule has 0 aliphatic carbocycles. The Labute approximate surface area is 154 Å². The minimum Gasteiger partial charge on any atom is -0.361 e. The van der Waals surface area contributed by atoms with Gasteiger partial charge in [-0.3, -0.25) is 9.48 Å². The zero-order valence-corrected chi connectivity index (χ0v) is 15.8. The Morgan fingerprint density at radius 1 is 1.31 bits per heavy atom. The molecule has 0 fully saturated rings. The number of hydrogen-bond donors (Lipinski definition) is 1. The quantitative estimate of drug-likeness (QED) is 0.671. The Balaban J connectivity index is 1.91. The van der Waals surface area contributed by atoms with E-state index in [1.807, 2.05) is 48.6 Å². The summed E-state index contributed by atoms with van der Waals surface area (Å²) in [5, 5.41) is 5.24. The topological polar surface area (TPSA) is 53.9 Å². The molecule has 0 saturated carbocycles. The van der Waals surface area contributed by atoms with Crippen molar-refractivity contribution >= 4 is 28.6 Å². The van der Waals surface area contributed by atoms with Gasteiger partial charge in [0.1, 0.15) is 0 Å². The van der Waals surface area contributed by atoms with Crippen molar-refractivity contribution in [2.45, 2.75) is 33.2 Å². The summed E-state index contributed by atoms with van der Waals surface area (Å²) in [7, 11) is 1.86. The van der Waals surface area contributed by atoms with Gasteiger partial charge >= 0.3 is 0 Å².